The molecule has 1 N–H and O–H groups in total. The summed E-state index contributed by atoms with van der Waals surface area (Å²) in [6.07, 6.45) is 0. The fraction of sp³-hybridized carbons (Fsp3) is 0.500. The van der Waals surface area contributed by atoms with Crippen molar-refractivity contribution >= 4 is 26.5 Å². The van der Waals surface area contributed by atoms with Crippen LogP contribution in [0.3, 0.4) is 0 Å². The summed E-state index contributed by atoms with van der Waals surface area (Å²) in [7, 11) is -1.33. The van der Waals surface area contributed by atoms with E-state index in [1.54, 1.807) is 24.3 Å². The molecule has 0 aliphatic rings. The molecule has 1 aromatic carbocycles. The lowest BCUT2D eigenvalue weighted by Gasteiger charge is -2.16. The van der Waals surface area contributed by atoms with Crippen LogP contribution < -0.4 is 5.32 Å². The normalized spacial score (nSPS) is 13.5. The highest BCUT2D eigenvalue weighted by molar-refractivity contribution is 7.89. The highest BCUT2D eigenvalue weighted by atomic mass is 32.2. The molecule has 0 aromatic heterocycles. The highest BCUT2D eigenvalue weighted by Gasteiger charge is 2.20. The Bertz CT molecular complexity index is 542. The second-order valence-electron chi connectivity index (χ2n) is 4.14. The van der Waals surface area contributed by atoms with Crippen LogP contribution in [0.25, 0.3) is 0 Å². The van der Waals surface area contributed by atoms with E-state index in [1.165, 1.54) is 18.4 Å². The molecule has 0 saturated carbocycles. The Morgan fingerprint density at radius 3 is 2.47 bits per heavy atom. The molecule has 0 bridgehead atoms. The van der Waals surface area contributed by atoms with Gasteiger partial charge in [-0.3, -0.25) is 4.21 Å². The van der Waals surface area contributed by atoms with Crippen molar-refractivity contribution in [3.05, 3.63) is 24.3 Å². The van der Waals surface area contributed by atoms with Gasteiger partial charge in [0, 0.05) is 42.9 Å². The van der Waals surface area contributed by atoms with Crippen molar-refractivity contribution in [3.8, 4) is 0 Å². The summed E-state index contributed by atoms with van der Waals surface area (Å²) in [5.74, 6) is 1.12. The zero-order chi connectivity index (χ0) is 14.5. The predicted molar refractivity (Wildman–Crippen MR) is 79.4 cm³/mol. The minimum atomic E-state index is -3.47. The second kappa shape index (κ2) is 7.02. The van der Waals surface area contributed by atoms with Crippen LogP contribution in [-0.2, 0) is 20.8 Å². The number of nitrogens with zero attached hydrogens (tertiary/aromatic N) is 1. The average Bonchev–Trinajstić information content (AvgIpc) is 2.38. The van der Waals surface area contributed by atoms with E-state index in [-0.39, 0.29) is 4.90 Å². The van der Waals surface area contributed by atoms with Gasteiger partial charge in [-0.05, 0) is 12.1 Å². The molecule has 0 saturated heterocycles. The number of para-hydroxylation sites is 1. The van der Waals surface area contributed by atoms with Crippen LogP contribution in [0.4, 0.5) is 5.69 Å². The van der Waals surface area contributed by atoms with Crippen LogP contribution in [0, 0.1) is 0 Å². The lowest BCUT2D eigenvalue weighted by molar-refractivity contribution is 0.521. The Labute approximate surface area is 117 Å². The molecule has 1 rings (SSSR count). The Hall–Kier alpha value is -0.920. The minimum Gasteiger partial charge on any atom is -0.383 e. The van der Waals surface area contributed by atoms with Gasteiger partial charge in [0.05, 0.1) is 5.69 Å². The first kappa shape index (κ1) is 16.1. The summed E-state index contributed by atoms with van der Waals surface area (Å²) in [6.45, 7) is 2.35. The molecule has 1 unspecified atom stereocenters. The summed E-state index contributed by atoms with van der Waals surface area (Å²) >= 11 is 0. The van der Waals surface area contributed by atoms with Gasteiger partial charge in [-0.2, -0.15) is 0 Å². The highest BCUT2D eigenvalue weighted by Crippen LogP contribution is 2.22. The summed E-state index contributed by atoms with van der Waals surface area (Å²) in [5.41, 5.74) is 0.546. The van der Waals surface area contributed by atoms with Gasteiger partial charge in [0.1, 0.15) is 4.90 Å². The molecule has 0 heterocycles. The van der Waals surface area contributed by atoms with Crippen LogP contribution in [0.2, 0.25) is 0 Å². The molecular weight excluding hydrogens is 284 g/mol. The van der Waals surface area contributed by atoms with Gasteiger partial charge in [-0.1, -0.05) is 19.1 Å². The second-order valence-corrected chi connectivity index (χ2v) is 8.13. The Morgan fingerprint density at radius 1 is 1.26 bits per heavy atom. The maximum Gasteiger partial charge on any atom is 0.244 e. The largest absolute Gasteiger partial charge is 0.383 e. The van der Waals surface area contributed by atoms with E-state index >= 15 is 0 Å². The maximum absolute atomic E-state index is 12.1. The first-order chi connectivity index (χ1) is 8.89. The van der Waals surface area contributed by atoms with Crippen LogP contribution in [0.1, 0.15) is 6.92 Å². The lowest BCUT2D eigenvalue weighted by atomic mass is 10.3. The summed E-state index contributed by atoms with van der Waals surface area (Å²) in [4.78, 5) is 0.238. The third kappa shape index (κ3) is 4.29. The van der Waals surface area contributed by atoms with Crippen molar-refractivity contribution in [3.63, 3.8) is 0 Å². The van der Waals surface area contributed by atoms with Crippen LogP contribution in [0.5, 0.6) is 0 Å². The molecule has 0 radical (unpaired) electrons. The molecule has 7 heteroatoms. The Kier molecular flexibility index (Phi) is 5.96. The third-order valence-electron chi connectivity index (χ3n) is 2.61. The fourth-order valence-corrected chi connectivity index (χ4v) is 3.16. The first-order valence-electron chi connectivity index (χ1n) is 6.00. The van der Waals surface area contributed by atoms with E-state index in [4.69, 9.17) is 0 Å². The van der Waals surface area contributed by atoms with Gasteiger partial charge >= 0.3 is 0 Å². The maximum atomic E-state index is 12.1. The van der Waals surface area contributed by atoms with E-state index < -0.39 is 20.8 Å². The molecule has 5 nitrogen and oxygen atoms in total. The molecule has 1 aromatic rings. The molecule has 0 aliphatic carbocycles. The number of rotatable bonds is 7. The van der Waals surface area contributed by atoms with E-state index in [1.807, 2.05) is 6.92 Å². The molecule has 108 valence electrons. The molecule has 19 heavy (non-hydrogen) atoms. The lowest BCUT2D eigenvalue weighted by Crippen LogP contribution is -2.24. The van der Waals surface area contributed by atoms with Crippen molar-refractivity contribution in [2.75, 3.05) is 37.5 Å². The van der Waals surface area contributed by atoms with Crippen molar-refractivity contribution in [1.82, 2.24) is 4.31 Å². The van der Waals surface area contributed by atoms with E-state index in [2.05, 4.69) is 5.32 Å². The number of nitrogens with one attached hydrogen (secondary N) is 1. The van der Waals surface area contributed by atoms with Crippen molar-refractivity contribution < 1.29 is 12.6 Å². The number of hydrogen-bond acceptors (Lipinski definition) is 4. The smallest absolute Gasteiger partial charge is 0.244 e. The zero-order valence-corrected chi connectivity index (χ0v) is 13.1. The molecule has 1 atom stereocenters. The Morgan fingerprint density at radius 2 is 1.89 bits per heavy atom. The molecule has 0 aliphatic heterocycles. The van der Waals surface area contributed by atoms with Gasteiger partial charge in [0.2, 0.25) is 10.0 Å². The van der Waals surface area contributed by atoms with Crippen LogP contribution >= 0.6 is 0 Å². The topological polar surface area (TPSA) is 66.5 Å². The van der Waals surface area contributed by atoms with Gasteiger partial charge in [-0.25, -0.2) is 12.7 Å². The van der Waals surface area contributed by atoms with Gasteiger partial charge in [0.25, 0.3) is 0 Å². The van der Waals surface area contributed by atoms with E-state index in [0.717, 1.165) is 0 Å². The zero-order valence-electron chi connectivity index (χ0n) is 11.4. The van der Waals surface area contributed by atoms with Crippen LogP contribution in [0.15, 0.2) is 29.2 Å². The summed E-state index contributed by atoms with van der Waals surface area (Å²) in [5, 5.41) is 3.04. The molecular formula is C12H20N2O3S2. The standard InChI is InChI=1S/C12H20N2O3S2/c1-4-18(15)10-9-13-11-7-5-6-8-12(11)19(16,17)14(2)3/h5-8,13H,4,9-10H2,1-3H3. The first-order valence-corrected chi connectivity index (χ1v) is 8.92. The Balaban J connectivity index is 2.89. The monoisotopic (exact) mass is 304 g/mol. The van der Waals surface area contributed by atoms with Gasteiger partial charge in [0.15, 0.2) is 0 Å². The number of anilines is 1. The fourth-order valence-electron chi connectivity index (χ4n) is 1.48. The predicted octanol–water partition coefficient (Wildman–Crippen LogP) is 1.12. The van der Waals surface area contributed by atoms with Crippen molar-refractivity contribution in [2.24, 2.45) is 0 Å². The van der Waals surface area contributed by atoms with E-state index in [9.17, 15) is 12.6 Å². The SMILES string of the molecule is CCS(=O)CCNc1ccccc1S(=O)(=O)N(C)C. The quantitative estimate of drug-likeness (QED) is 0.820. The minimum absolute atomic E-state index is 0.238. The van der Waals surface area contributed by atoms with Crippen molar-refractivity contribution in [2.45, 2.75) is 11.8 Å². The molecule has 0 spiro atoms. The number of hydrogen-bond donors (Lipinski definition) is 1. The number of benzene rings is 1. The third-order valence-corrected chi connectivity index (χ3v) is 5.79. The van der Waals surface area contributed by atoms with Crippen molar-refractivity contribution in [1.29, 1.82) is 0 Å². The van der Waals surface area contributed by atoms with Gasteiger partial charge in [-0.15, -0.1) is 0 Å². The van der Waals surface area contributed by atoms with Crippen LogP contribution in [-0.4, -0.2) is 49.1 Å². The summed E-state index contributed by atoms with van der Waals surface area (Å²) < 4.78 is 36.8. The van der Waals surface area contributed by atoms with E-state index in [0.29, 0.717) is 23.7 Å². The average molecular weight is 304 g/mol. The van der Waals surface area contributed by atoms with Gasteiger partial charge < -0.3 is 5.32 Å². The molecule has 0 fully saturated rings. The molecule has 0 amide bonds. The number of sulfonamides is 1. The summed E-state index contributed by atoms with van der Waals surface area (Å²) in [6, 6.07) is 6.74.